The quantitative estimate of drug-likeness (QED) is 0.364. The highest BCUT2D eigenvalue weighted by Gasteiger charge is 2.19. The minimum Gasteiger partial charge on any atom is -0.418 e. The zero-order chi connectivity index (χ0) is 21.4. The van der Waals surface area contributed by atoms with Crippen LogP contribution in [0.2, 0.25) is 5.15 Å². The second-order valence-electron chi connectivity index (χ2n) is 5.99. The molecule has 0 aliphatic carbocycles. The summed E-state index contributed by atoms with van der Waals surface area (Å²) in [5.74, 6) is -4.04. The minimum atomic E-state index is -1.13. The van der Waals surface area contributed by atoms with Crippen molar-refractivity contribution in [1.82, 2.24) is 19.7 Å². The number of nitrogens with two attached hydrogens (primary N) is 1. The first-order chi connectivity index (χ1) is 14.3. The van der Waals surface area contributed by atoms with Crippen LogP contribution in [0.4, 0.5) is 23.2 Å². The van der Waals surface area contributed by atoms with Crippen LogP contribution < -0.4 is 10.5 Å². The molecule has 0 unspecified atom stereocenters. The van der Waals surface area contributed by atoms with E-state index in [-0.39, 0.29) is 39.5 Å². The maximum atomic E-state index is 14.2. The van der Waals surface area contributed by atoms with Gasteiger partial charge >= 0.3 is 0 Å². The van der Waals surface area contributed by atoms with Gasteiger partial charge in [-0.05, 0) is 24.3 Å². The van der Waals surface area contributed by atoms with E-state index < -0.39 is 23.3 Å². The van der Waals surface area contributed by atoms with E-state index in [0.717, 1.165) is 29.2 Å². The minimum absolute atomic E-state index is 0.0333. The van der Waals surface area contributed by atoms with Crippen LogP contribution in [0.25, 0.3) is 16.9 Å². The van der Waals surface area contributed by atoms with E-state index in [9.17, 15) is 17.6 Å². The fourth-order valence-corrected chi connectivity index (χ4v) is 2.73. The van der Waals surface area contributed by atoms with E-state index in [0.29, 0.717) is 6.07 Å². The van der Waals surface area contributed by atoms with Gasteiger partial charge in [-0.3, -0.25) is 0 Å². The molecule has 0 radical (unpaired) electrons. The van der Waals surface area contributed by atoms with E-state index in [1.54, 1.807) is 0 Å². The fourth-order valence-electron chi connectivity index (χ4n) is 2.61. The number of ether oxygens (including phenoxy) is 1. The van der Waals surface area contributed by atoms with E-state index in [1.165, 1.54) is 18.2 Å². The third kappa shape index (κ3) is 3.64. The number of halogens is 5. The summed E-state index contributed by atoms with van der Waals surface area (Å²) in [4.78, 5) is 7.58. The summed E-state index contributed by atoms with van der Waals surface area (Å²) in [6, 6.07) is 7.22. The van der Waals surface area contributed by atoms with Gasteiger partial charge in [0, 0.05) is 23.8 Å². The summed E-state index contributed by atoms with van der Waals surface area (Å²) in [5, 5.41) is 4.12. The van der Waals surface area contributed by atoms with Crippen LogP contribution in [0.1, 0.15) is 0 Å². The van der Waals surface area contributed by atoms with Crippen molar-refractivity contribution >= 4 is 17.3 Å². The first-order valence-electron chi connectivity index (χ1n) is 8.28. The normalized spacial score (nSPS) is 11.0. The Balaban J connectivity index is 1.87. The lowest BCUT2D eigenvalue weighted by Gasteiger charge is -2.10. The first-order valence-corrected chi connectivity index (χ1v) is 8.66. The highest BCUT2D eigenvalue weighted by molar-refractivity contribution is 6.32. The summed E-state index contributed by atoms with van der Waals surface area (Å²) in [6.07, 6.45) is 1.10. The van der Waals surface area contributed by atoms with Gasteiger partial charge < -0.3 is 10.5 Å². The average Bonchev–Trinajstić information content (AvgIpc) is 3.11. The van der Waals surface area contributed by atoms with Crippen molar-refractivity contribution < 1.29 is 22.3 Å². The molecule has 4 aromatic rings. The number of anilines is 1. The van der Waals surface area contributed by atoms with Crippen molar-refractivity contribution in [3.05, 3.63) is 77.2 Å². The van der Waals surface area contributed by atoms with Gasteiger partial charge in [0.15, 0.2) is 16.8 Å². The molecule has 0 bridgehead atoms. The standard InChI is InChI=1S/C19H10ClF4N5O/c20-18-17(25)19(27-8-26-18)30-16-7-15(11-3-1-9(21)5-13(11)23)28-29(16)10-2-4-12(22)14(24)6-10/h1-8H,25H2. The molecule has 2 heterocycles. The molecule has 0 fully saturated rings. The second-order valence-corrected chi connectivity index (χ2v) is 6.35. The van der Waals surface area contributed by atoms with Gasteiger partial charge in [-0.25, -0.2) is 22.5 Å². The van der Waals surface area contributed by atoms with Crippen molar-refractivity contribution in [3.63, 3.8) is 0 Å². The predicted molar refractivity (Wildman–Crippen MR) is 100 cm³/mol. The largest absolute Gasteiger partial charge is 0.418 e. The Labute approximate surface area is 171 Å². The highest BCUT2D eigenvalue weighted by Crippen LogP contribution is 2.34. The Morgan fingerprint density at radius 3 is 2.43 bits per heavy atom. The van der Waals surface area contributed by atoms with Crippen molar-refractivity contribution in [1.29, 1.82) is 0 Å². The van der Waals surface area contributed by atoms with Crippen LogP contribution in [0.3, 0.4) is 0 Å². The van der Waals surface area contributed by atoms with Crippen molar-refractivity contribution in [2.75, 3.05) is 5.73 Å². The van der Waals surface area contributed by atoms with Crippen LogP contribution in [0.5, 0.6) is 11.8 Å². The maximum absolute atomic E-state index is 14.2. The molecule has 0 saturated carbocycles. The molecule has 0 amide bonds. The lowest BCUT2D eigenvalue weighted by atomic mass is 10.1. The van der Waals surface area contributed by atoms with Crippen molar-refractivity contribution in [3.8, 4) is 28.7 Å². The highest BCUT2D eigenvalue weighted by atomic mass is 35.5. The number of benzene rings is 2. The number of hydrogen-bond acceptors (Lipinski definition) is 5. The van der Waals surface area contributed by atoms with Crippen LogP contribution in [0.15, 0.2) is 48.8 Å². The zero-order valence-electron chi connectivity index (χ0n) is 14.8. The van der Waals surface area contributed by atoms with E-state index >= 15 is 0 Å². The molecule has 2 N–H and O–H groups in total. The van der Waals surface area contributed by atoms with Gasteiger partial charge in [0.05, 0.1) is 11.4 Å². The Morgan fingerprint density at radius 2 is 1.70 bits per heavy atom. The van der Waals surface area contributed by atoms with Gasteiger partial charge in [-0.1, -0.05) is 11.6 Å². The molecule has 6 nitrogen and oxygen atoms in total. The Hall–Kier alpha value is -3.66. The fraction of sp³-hybridized carbons (Fsp3) is 0. The van der Waals surface area contributed by atoms with E-state index in [1.807, 2.05) is 0 Å². The summed E-state index contributed by atoms with van der Waals surface area (Å²) in [6.45, 7) is 0. The number of nitrogen functional groups attached to an aromatic ring is 1. The van der Waals surface area contributed by atoms with Crippen LogP contribution in [0, 0.1) is 23.3 Å². The molecule has 2 aromatic heterocycles. The van der Waals surface area contributed by atoms with E-state index in [4.69, 9.17) is 22.1 Å². The van der Waals surface area contributed by atoms with Crippen molar-refractivity contribution in [2.45, 2.75) is 0 Å². The smallest absolute Gasteiger partial charge is 0.249 e. The van der Waals surface area contributed by atoms with Gasteiger partial charge in [-0.2, -0.15) is 14.8 Å². The average molecular weight is 436 g/mol. The second kappa shape index (κ2) is 7.64. The predicted octanol–water partition coefficient (Wildman–Crippen LogP) is 4.91. The first kappa shape index (κ1) is 19.6. The molecule has 30 heavy (non-hydrogen) atoms. The van der Waals surface area contributed by atoms with Crippen molar-refractivity contribution in [2.24, 2.45) is 0 Å². The molecule has 0 saturated heterocycles. The molecule has 2 aromatic carbocycles. The molecular formula is C19H10ClF4N5O. The topological polar surface area (TPSA) is 78.8 Å². The zero-order valence-corrected chi connectivity index (χ0v) is 15.5. The number of rotatable bonds is 4. The Morgan fingerprint density at radius 1 is 0.900 bits per heavy atom. The van der Waals surface area contributed by atoms with Gasteiger partial charge in [0.2, 0.25) is 11.8 Å². The summed E-state index contributed by atoms with van der Waals surface area (Å²) < 4.78 is 61.3. The molecular weight excluding hydrogens is 426 g/mol. The molecule has 0 aliphatic heterocycles. The van der Waals surface area contributed by atoms with Crippen LogP contribution >= 0.6 is 11.6 Å². The SMILES string of the molecule is Nc1c(Cl)ncnc1Oc1cc(-c2ccc(F)cc2F)nn1-c1ccc(F)c(F)c1. The van der Waals surface area contributed by atoms with Crippen LogP contribution in [-0.4, -0.2) is 19.7 Å². The van der Waals surface area contributed by atoms with Gasteiger partial charge in [0.1, 0.15) is 23.6 Å². The summed E-state index contributed by atoms with van der Waals surface area (Å²) >= 11 is 5.86. The van der Waals surface area contributed by atoms with Gasteiger partial charge in [-0.15, -0.1) is 0 Å². The number of nitrogens with zero attached hydrogens (tertiary/aromatic N) is 4. The summed E-state index contributed by atoms with van der Waals surface area (Å²) in [5.41, 5.74) is 5.78. The Kier molecular flexibility index (Phi) is 5.00. The molecule has 4 rings (SSSR count). The molecule has 11 heteroatoms. The third-order valence-corrected chi connectivity index (χ3v) is 4.33. The molecule has 0 spiro atoms. The monoisotopic (exact) mass is 435 g/mol. The van der Waals surface area contributed by atoms with Crippen LogP contribution in [-0.2, 0) is 0 Å². The van der Waals surface area contributed by atoms with E-state index in [2.05, 4.69) is 15.1 Å². The molecule has 0 aliphatic rings. The lowest BCUT2D eigenvalue weighted by molar-refractivity contribution is 0.428. The molecule has 152 valence electrons. The Bertz CT molecular complexity index is 1260. The third-order valence-electron chi connectivity index (χ3n) is 4.03. The molecule has 0 atom stereocenters. The van der Waals surface area contributed by atoms with Gasteiger partial charge in [0.25, 0.3) is 0 Å². The maximum Gasteiger partial charge on any atom is 0.249 e. The summed E-state index contributed by atoms with van der Waals surface area (Å²) in [7, 11) is 0. The lowest BCUT2D eigenvalue weighted by Crippen LogP contribution is -2.03. The number of aromatic nitrogens is 4. The number of hydrogen-bond donors (Lipinski definition) is 1.